The summed E-state index contributed by atoms with van der Waals surface area (Å²) in [4.78, 5) is 22.2. The smallest absolute Gasteiger partial charge is 0.335 e. The Morgan fingerprint density at radius 2 is 2.12 bits per heavy atom. The van der Waals surface area contributed by atoms with E-state index < -0.39 is 5.97 Å². The lowest BCUT2D eigenvalue weighted by Crippen LogP contribution is -2.14. The molecule has 0 aliphatic heterocycles. The van der Waals surface area contributed by atoms with Crippen molar-refractivity contribution in [1.29, 1.82) is 0 Å². The monoisotopic (exact) mass is 300 g/mol. The zero-order valence-electron chi connectivity index (χ0n) is 9.07. The predicted molar refractivity (Wildman–Crippen MR) is 68.0 cm³/mol. The fourth-order valence-corrected chi connectivity index (χ4v) is 1.58. The van der Waals surface area contributed by atoms with Crippen molar-refractivity contribution in [2.45, 2.75) is 12.8 Å². The van der Waals surface area contributed by atoms with Crippen molar-refractivity contribution >= 4 is 33.5 Å². The number of nitrogens with two attached hydrogens (primary N) is 1. The second-order valence-corrected chi connectivity index (χ2v) is 4.29. The summed E-state index contributed by atoms with van der Waals surface area (Å²) in [5, 5.41) is 11.5. The lowest BCUT2D eigenvalue weighted by molar-refractivity contribution is -0.116. The fraction of sp³-hybridized carbons (Fsp3) is 0.273. The van der Waals surface area contributed by atoms with Crippen molar-refractivity contribution in [2.75, 3.05) is 11.9 Å². The van der Waals surface area contributed by atoms with E-state index in [9.17, 15) is 9.59 Å². The van der Waals surface area contributed by atoms with Crippen LogP contribution in [0.2, 0.25) is 0 Å². The van der Waals surface area contributed by atoms with E-state index in [1.807, 2.05) is 0 Å². The lowest BCUT2D eigenvalue weighted by Gasteiger charge is -2.08. The molecule has 0 aliphatic carbocycles. The molecule has 4 N–H and O–H groups in total. The summed E-state index contributed by atoms with van der Waals surface area (Å²) in [5.41, 5.74) is 5.87. The van der Waals surface area contributed by atoms with Gasteiger partial charge in [0.15, 0.2) is 0 Å². The van der Waals surface area contributed by atoms with Crippen LogP contribution in [-0.4, -0.2) is 23.5 Å². The molecule has 0 fully saturated rings. The first-order valence-corrected chi connectivity index (χ1v) is 5.86. The molecule has 0 aromatic heterocycles. The number of carbonyl (C=O) groups excluding carboxylic acids is 1. The Bertz CT molecular complexity index is 435. The summed E-state index contributed by atoms with van der Waals surface area (Å²) in [6.45, 7) is 0.448. The van der Waals surface area contributed by atoms with Crippen LogP contribution in [0, 0.1) is 0 Å². The topological polar surface area (TPSA) is 92.4 Å². The molecular formula is C11H13BrN2O3. The maximum absolute atomic E-state index is 11.5. The minimum atomic E-state index is -1.03. The van der Waals surface area contributed by atoms with E-state index in [0.717, 1.165) is 0 Å². The van der Waals surface area contributed by atoms with Gasteiger partial charge in [-0.3, -0.25) is 4.79 Å². The molecule has 0 aliphatic rings. The molecular weight excluding hydrogens is 288 g/mol. The molecule has 17 heavy (non-hydrogen) atoms. The first kappa shape index (κ1) is 13.7. The number of carbonyl (C=O) groups is 2. The van der Waals surface area contributed by atoms with E-state index in [1.54, 1.807) is 6.07 Å². The molecule has 0 saturated carbocycles. The number of anilines is 1. The molecule has 0 radical (unpaired) electrons. The van der Waals surface area contributed by atoms with Crippen LogP contribution in [0.4, 0.5) is 5.69 Å². The highest BCUT2D eigenvalue weighted by molar-refractivity contribution is 9.10. The zero-order valence-corrected chi connectivity index (χ0v) is 10.7. The fourth-order valence-electron chi connectivity index (χ4n) is 1.23. The minimum Gasteiger partial charge on any atom is -0.478 e. The average Bonchev–Trinajstić information content (AvgIpc) is 2.29. The van der Waals surface area contributed by atoms with Gasteiger partial charge in [-0.2, -0.15) is 0 Å². The van der Waals surface area contributed by atoms with E-state index in [1.165, 1.54) is 12.1 Å². The van der Waals surface area contributed by atoms with Crippen LogP contribution in [0.15, 0.2) is 22.7 Å². The molecule has 92 valence electrons. The van der Waals surface area contributed by atoms with Gasteiger partial charge in [0.1, 0.15) is 0 Å². The van der Waals surface area contributed by atoms with Crippen molar-refractivity contribution < 1.29 is 14.7 Å². The predicted octanol–water partition coefficient (Wildman–Crippen LogP) is 1.82. The van der Waals surface area contributed by atoms with Gasteiger partial charge < -0.3 is 16.2 Å². The zero-order chi connectivity index (χ0) is 12.8. The quantitative estimate of drug-likeness (QED) is 0.773. The Morgan fingerprint density at radius 3 is 2.71 bits per heavy atom. The van der Waals surface area contributed by atoms with Crippen molar-refractivity contribution in [3.8, 4) is 0 Å². The number of rotatable bonds is 5. The lowest BCUT2D eigenvalue weighted by atomic mass is 10.2. The number of nitrogens with one attached hydrogen (secondary N) is 1. The highest BCUT2D eigenvalue weighted by Gasteiger charge is 2.09. The Morgan fingerprint density at radius 1 is 1.41 bits per heavy atom. The van der Waals surface area contributed by atoms with Crippen molar-refractivity contribution in [3.05, 3.63) is 28.2 Å². The number of aromatic carboxylic acids is 1. The molecule has 0 bridgehead atoms. The molecule has 1 aromatic carbocycles. The summed E-state index contributed by atoms with van der Waals surface area (Å²) in [7, 11) is 0. The number of carboxylic acids is 1. The molecule has 0 unspecified atom stereocenters. The van der Waals surface area contributed by atoms with Gasteiger partial charge in [-0.15, -0.1) is 0 Å². The van der Waals surface area contributed by atoms with E-state index >= 15 is 0 Å². The third kappa shape index (κ3) is 4.16. The SMILES string of the molecule is NCCCC(=O)Nc1cc(C(=O)O)ccc1Br. The molecule has 6 heteroatoms. The molecule has 1 amide bonds. The Balaban J connectivity index is 2.79. The average molecular weight is 301 g/mol. The van der Waals surface area contributed by atoms with E-state index in [0.29, 0.717) is 29.5 Å². The number of hydrogen-bond acceptors (Lipinski definition) is 3. The second kappa shape index (κ2) is 6.36. The highest BCUT2D eigenvalue weighted by atomic mass is 79.9. The normalized spacial score (nSPS) is 10.0. The van der Waals surface area contributed by atoms with Crippen LogP contribution in [0.1, 0.15) is 23.2 Å². The van der Waals surface area contributed by atoms with Crippen molar-refractivity contribution in [3.63, 3.8) is 0 Å². The largest absolute Gasteiger partial charge is 0.478 e. The summed E-state index contributed by atoms with van der Waals surface area (Å²) >= 11 is 3.24. The molecule has 0 heterocycles. The van der Waals surface area contributed by atoms with Crippen LogP contribution in [0.3, 0.4) is 0 Å². The van der Waals surface area contributed by atoms with Crippen LogP contribution in [-0.2, 0) is 4.79 Å². The maximum atomic E-state index is 11.5. The van der Waals surface area contributed by atoms with Gasteiger partial charge >= 0.3 is 5.97 Å². The van der Waals surface area contributed by atoms with Gasteiger partial charge in [-0.1, -0.05) is 0 Å². The number of hydrogen-bond donors (Lipinski definition) is 3. The first-order valence-electron chi connectivity index (χ1n) is 5.07. The van der Waals surface area contributed by atoms with E-state index in [-0.39, 0.29) is 11.5 Å². The Kier molecular flexibility index (Phi) is 5.11. The van der Waals surface area contributed by atoms with Gasteiger partial charge in [0, 0.05) is 10.9 Å². The van der Waals surface area contributed by atoms with Crippen molar-refractivity contribution in [1.82, 2.24) is 0 Å². The van der Waals surface area contributed by atoms with Gasteiger partial charge in [0.05, 0.1) is 11.3 Å². The van der Waals surface area contributed by atoms with Gasteiger partial charge in [0.25, 0.3) is 0 Å². The molecule has 5 nitrogen and oxygen atoms in total. The molecule has 0 saturated heterocycles. The Hall–Kier alpha value is -1.40. The van der Waals surface area contributed by atoms with Crippen LogP contribution in [0.5, 0.6) is 0 Å². The van der Waals surface area contributed by atoms with Crippen LogP contribution < -0.4 is 11.1 Å². The van der Waals surface area contributed by atoms with Crippen molar-refractivity contribution in [2.24, 2.45) is 5.73 Å². The van der Waals surface area contributed by atoms with Crippen LogP contribution in [0.25, 0.3) is 0 Å². The number of halogens is 1. The van der Waals surface area contributed by atoms with Crippen LogP contribution >= 0.6 is 15.9 Å². The second-order valence-electron chi connectivity index (χ2n) is 3.44. The van der Waals surface area contributed by atoms with E-state index in [2.05, 4.69) is 21.2 Å². The standard InChI is InChI=1S/C11H13BrN2O3/c12-8-4-3-7(11(16)17)6-9(8)14-10(15)2-1-5-13/h3-4,6H,1-2,5,13H2,(H,14,15)(H,16,17). The number of amides is 1. The minimum absolute atomic E-state index is 0.127. The number of benzene rings is 1. The Labute approximate surface area is 107 Å². The highest BCUT2D eigenvalue weighted by Crippen LogP contribution is 2.23. The molecule has 1 rings (SSSR count). The molecule has 0 spiro atoms. The third-order valence-electron chi connectivity index (χ3n) is 2.10. The first-order chi connectivity index (χ1) is 8.04. The van der Waals surface area contributed by atoms with E-state index in [4.69, 9.17) is 10.8 Å². The number of carboxylic acid groups (broad SMARTS) is 1. The summed E-state index contributed by atoms with van der Waals surface area (Å²) in [6.07, 6.45) is 0.919. The van der Waals surface area contributed by atoms with Gasteiger partial charge in [0.2, 0.25) is 5.91 Å². The molecule has 1 aromatic rings. The summed E-state index contributed by atoms with van der Waals surface area (Å²) < 4.78 is 0.642. The summed E-state index contributed by atoms with van der Waals surface area (Å²) in [5.74, 6) is -1.21. The van der Waals surface area contributed by atoms with Gasteiger partial charge in [-0.05, 0) is 47.1 Å². The summed E-state index contributed by atoms with van der Waals surface area (Å²) in [6, 6.07) is 4.46. The molecule has 0 atom stereocenters. The maximum Gasteiger partial charge on any atom is 0.335 e. The third-order valence-corrected chi connectivity index (χ3v) is 2.79. The van der Waals surface area contributed by atoms with Gasteiger partial charge in [-0.25, -0.2) is 4.79 Å².